The van der Waals surface area contributed by atoms with Gasteiger partial charge < -0.3 is 4.74 Å². The molecule has 0 atom stereocenters. The summed E-state index contributed by atoms with van der Waals surface area (Å²) >= 11 is 0. The zero-order valence-electron chi connectivity index (χ0n) is 19.1. The van der Waals surface area contributed by atoms with Gasteiger partial charge in [-0.15, -0.1) is 0 Å². The highest BCUT2D eigenvalue weighted by Gasteiger charge is 2.28. The molecule has 0 aliphatic rings. The number of non-ortho nitro benzene ring substituents is 1. The third-order valence-corrected chi connectivity index (χ3v) is 6.67. The lowest BCUT2D eigenvalue weighted by Crippen LogP contribution is -2.39. The average Bonchev–Trinajstić information content (AvgIpc) is 2.87. The number of rotatable bonds is 10. The van der Waals surface area contributed by atoms with E-state index in [1.807, 2.05) is 6.92 Å². The predicted octanol–water partition coefficient (Wildman–Crippen LogP) is 3.73. The Morgan fingerprint density at radius 2 is 1.74 bits per heavy atom. The molecule has 3 aromatic rings. The third-order valence-electron chi connectivity index (χ3n) is 4.88. The molecule has 0 aliphatic heterocycles. The summed E-state index contributed by atoms with van der Waals surface area (Å²) in [6.07, 6.45) is 0. The van der Waals surface area contributed by atoms with Gasteiger partial charge in [0.2, 0.25) is 0 Å². The molecule has 0 saturated heterocycles. The van der Waals surface area contributed by atoms with Gasteiger partial charge in [-0.3, -0.25) is 19.2 Å². The van der Waals surface area contributed by atoms with E-state index in [4.69, 9.17) is 4.74 Å². The number of nitro benzene ring substituents is 1. The molecule has 11 heteroatoms. The van der Waals surface area contributed by atoms with Crippen molar-refractivity contribution in [2.45, 2.75) is 18.7 Å². The van der Waals surface area contributed by atoms with Crippen LogP contribution in [0.4, 0.5) is 11.4 Å². The summed E-state index contributed by atoms with van der Waals surface area (Å²) in [4.78, 5) is 23.2. The van der Waals surface area contributed by atoms with Crippen molar-refractivity contribution in [3.8, 4) is 5.75 Å². The number of nitrogens with zero attached hydrogens (tertiary/aromatic N) is 3. The van der Waals surface area contributed by atoms with Crippen LogP contribution in [0.15, 0.2) is 88.9 Å². The summed E-state index contributed by atoms with van der Waals surface area (Å²) in [6, 6.07) is 19.7. The number of nitrogens with one attached hydrogen (secondary N) is 1. The van der Waals surface area contributed by atoms with Gasteiger partial charge in [-0.2, -0.15) is 5.10 Å². The van der Waals surface area contributed by atoms with Gasteiger partial charge in [0.25, 0.3) is 21.6 Å². The van der Waals surface area contributed by atoms with Gasteiger partial charge in [0.15, 0.2) is 0 Å². The molecule has 0 heterocycles. The van der Waals surface area contributed by atoms with Crippen LogP contribution in [0.3, 0.4) is 0 Å². The van der Waals surface area contributed by atoms with Gasteiger partial charge in [-0.1, -0.05) is 24.3 Å². The topological polar surface area (TPSA) is 131 Å². The lowest BCUT2D eigenvalue weighted by Gasteiger charge is -2.23. The van der Waals surface area contributed by atoms with Crippen molar-refractivity contribution in [2.24, 2.45) is 5.10 Å². The molecule has 35 heavy (non-hydrogen) atoms. The van der Waals surface area contributed by atoms with Crippen molar-refractivity contribution >= 4 is 33.0 Å². The Labute approximate surface area is 203 Å². The van der Waals surface area contributed by atoms with Crippen LogP contribution in [0.25, 0.3) is 0 Å². The number of carbonyl (C=O) groups is 1. The lowest BCUT2D eigenvalue weighted by molar-refractivity contribution is -0.384. The van der Waals surface area contributed by atoms with Gasteiger partial charge >= 0.3 is 0 Å². The number of hydrogen-bond donors (Lipinski definition) is 1. The minimum absolute atomic E-state index is 0.0228. The highest BCUT2D eigenvalue weighted by Crippen LogP contribution is 2.26. The fraction of sp³-hybridized carbons (Fsp3) is 0.167. The molecule has 0 aromatic heterocycles. The van der Waals surface area contributed by atoms with Crippen LogP contribution >= 0.6 is 0 Å². The Balaban J connectivity index is 1.86. The number of ether oxygens (including phenoxy) is 1. The number of amides is 1. The minimum Gasteiger partial charge on any atom is -0.494 e. The van der Waals surface area contributed by atoms with Gasteiger partial charge in [0.1, 0.15) is 12.3 Å². The van der Waals surface area contributed by atoms with Crippen LogP contribution in [0.1, 0.15) is 19.4 Å². The Morgan fingerprint density at radius 1 is 1.06 bits per heavy atom. The molecular formula is C24H24N4O6S. The normalized spacial score (nSPS) is 11.5. The van der Waals surface area contributed by atoms with Crippen molar-refractivity contribution < 1.29 is 22.9 Å². The molecular weight excluding hydrogens is 472 g/mol. The van der Waals surface area contributed by atoms with Crippen LogP contribution in [0.2, 0.25) is 0 Å². The summed E-state index contributed by atoms with van der Waals surface area (Å²) in [5, 5.41) is 15.3. The summed E-state index contributed by atoms with van der Waals surface area (Å²) in [5.41, 5.74) is 3.26. The first-order valence-electron chi connectivity index (χ1n) is 10.6. The molecule has 0 spiro atoms. The van der Waals surface area contributed by atoms with Crippen molar-refractivity contribution in [3.63, 3.8) is 0 Å². The first-order chi connectivity index (χ1) is 16.7. The SMILES string of the molecule is CCOc1ccc(/C(C)=N\NC(=O)CN(c2cccc([N+](=O)[O-])c2)S(=O)(=O)c2ccccc2)cc1. The van der Waals surface area contributed by atoms with E-state index >= 15 is 0 Å². The second-order valence-electron chi connectivity index (χ2n) is 7.29. The number of anilines is 1. The van der Waals surface area contributed by atoms with Gasteiger partial charge in [0, 0.05) is 12.1 Å². The van der Waals surface area contributed by atoms with E-state index in [2.05, 4.69) is 10.5 Å². The number of benzene rings is 3. The van der Waals surface area contributed by atoms with E-state index in [1.54, 1.807) is 49.4 Å². The third kappa shape index (κ3) is 6.42. The first-order valence-corrected chi connectivity index (χ1v) is 12.0. The highest BCUT2D eigenvalue weighted by atomic mass is 32.2. The monoisotopic (exact) mass is 496 g/mol. The molecule has 10 nitrogen and oxygen atoms in total. The summed E-state index contributed by atoms with van der Waals surface area (Å²) in [5.74, 6) is -0.0203. The van der Waals surface area contributed by atoms with E-state index < -0.39 is 27.4 Å². The van der Waals surface area contributed by atoms with Crippen LogP contribution < -0.4 is 14.5 Å². The Bertz CT molecular complexity index is 1330. The van der Waals surface area contributed by atoms with Crippen molar-refractivity contribution in [1.29, 1.82) is 0 Å². The summed E-state index contributed by atoms with van der Waals surface area (Å²) < 4.78 is 32.9. The second-order valence-corrected chi connectivity index (χ2v) is 9.15. The van der Waals surface area contributed by atoms with E-state index in [-0.39, 0.29) is 16.3 Å². The number of hydrazone groups is 1. The van der Waals surface area contributed by atoms with E-state index in [9.17, 15) is 23.3 Å². The quantitative estimate of drug-likeness (QED) is 0.258. The Morgan fingerprint density at radius 3 is 2.37 bits per heavy atom. The maximum Gasteiger partial charge on any atom is 0.271 e. The molecule has 0 bridgehead atoms. The van der Waals surface area contributed by atoms with Crippen molar-refractivity contribution in [2.75, 3.05) is 17.5 Å². The molecule has 1 amide bonds. The minimum atomic E-state index is -4.21. The van der Waals surface area contributed by atoms with E-state index in [0.29, 0.717) is 18.1 Å². The summed E-state index contributed by atoms with van der Waals surface area (Å²) in [7, 11) is -4.21. The first kappa shape index (κ1) is 25.4. The van der Waals surface area contributed by atoms with Crippen molar-refractivity contribution in [3.05, 3.63) is 94.5 Å². The molecule has 0 aliphatic carbocycles. The van der Waals surface area contributed by atoms with E-state index in [1.165, 1.54) is 30.3 Å². The van der Waals surface area contributed by atoms with Crippen LogP contribution in [0.5, 0.6) is 5.75 Å². The molecule has 182 valence electrons. The maximum atomic E-state index is 13.3. The molecule has 0 saturated carbocycles. The summed E-state index contributed by atoms with van der Waals surface area (Å²) in [6.45, 7) is 3.47. The number of nitro groups is 1. The van der Waals surface area contributed by atoms with Gasteiger partial charge in [-0.05, 0) is 61.9 Å². The maximum absolute atomic E-state index is 13.3. The van der Waals surface area contributed by atoms with Crippen LogP contribution in [0, 0.1) is 10.1 Å². The molecule has 1 N–H and O–H groups in total. The number of carbonyl (C=O) groups excluding carboxylic acids is 1. The van der Waals surface area contributed by atoms with Gasteiger partial charge in [0.05, 0.1) is 27.8 Å². The van der Waals surface area contributed by atoms with Crippen LogP contribution in [-0.4, -0.2) is 38.1 Å². The van der Waals surface area contributed by atoms with E-state index in [0.717, 1.165) is 15.9 Å². The zero-order valence-corrected chi connectivity index (χ0v) is 19.9. The standard InChI is InChI=1S/C24H24N4O6S/c1-3-34-22-14-12-19(13-15-22)18(2)25-26-24(29)17-27(20-8-7-9-21(16-20)28(30)31)35(32,33)23-10-5-4-6-11-23/h4-16H,3,17H2,1-2H3,(H,26,29)/b25-18-. The molecule has 0 unspecified atom stereocenters. The Kier molecular flexibility index (Phi) is 8.16. The number of sulfonamides is 1. The van der Waals surface area contributed by atoms with Crippen molar-refractivity contribution in [1.82, 2.24) is 5.43 Å². The molecule has 0 radical (unpaired) electrons. The predicted molar refractivity (Wildman–Crippen MR) is 132 cm³/mol. The number of hydrogen-bond acceptors (Lipinski definition) is 7. The lowest BCUT2D eigenvalue weighted by atomic mass is 10.1. The average molecular weight is 497 g/mol. The fourth-order valence-electron chi connectivity index (χ4n) is 3.13. The Hall–Kier alpha value is -4.25. The molecule has 3 rings (SSSR count). The largest absolute Gasteiger partial charge is 0.494 e. The fourth-order valence-corrected chi connectivity index (χ4v) is 4.57. The molecule has 3 aromatic carbocycles. The molecule has 0 fully saturated rings. The highest BCUT2D eigenvalue weighted by molar-refractivity contribution is 7.92. The zero-order chi connectivity index (χ0) is 25.4. The smallest absolute Gasteiger partial charge is 0.271 e. The second kappa shape index (κ2) is 11.3. The van der Waals surface area contributed by atoms with Gasteiger partial charge in [-0.25, -0.2) is 13.8 Å². The van der Waals surface area contributed by atoms with Crippen LogP contribution in [-0.2, 0) is 14.8 Å².